The SMILES string of the molecule is COc1cc(COC(=O)CCCCC[P+](c2ccccc2)(c2ccccc2)c2ccccc2)c(OC)c2c1OCO2. The van der Waals surface area contributed by atoms with Crippen molar-refractivity contribution in [3.8, 4) is 23.0 Å². The summed E-state index contributed by atoms with van der Waals surface area (Å²) in [4.78, 5) is 12.7. The number of carbonyl (C=O) groups is 1. The molecule has 0 N–H and O–H groups in total. The number of hydrogen-bond donors (Lipinski definition) is 0. The first-order valence-electron chi connectivity index (χ1n) is 13.9. The van der Waals surface area contributed by atoms with Gasteiger partial charge in [0.1, 0.15) is 29.8 Å². The first-order valence-corrected chi connectivity index (χ1v) is 15.9. The summed E-state index contributed by atoms with van der Waals surface area (Å²) in [6, 6.07) is 34.4. The topological polar surface area (TPSA) is 63.2 Å². The third-order valence-corrected chi connectivity index (χ3v) is 11.9. The van der Waals surface area contributed by atoms with E-state index < -0.39 is 7.26 Å². The first kappa shape index (κ1) is 28.5. The number of ether oxygens (including phenoxy) is 5. The second kappa shape index (κ2) is 13.6. The average Bonchev–Trinajstić information content (AvgIpc) is 3.53. The number of carbonyl (C=O) groups excluding carboxylic acids is 1. The number of hydrogen-bond acceptors (Lipinski definition) is 6. The predicted octanol–water partition coefficient (Wildman–Crippen LogP) is 6.03. The molecule has 41 heavy (non-hydrogen) atoms. The molecule has 0 saturated carbocycles. The van der Waals surface area contributed by atoms with E-state index >= 15 is 0 Å². The molecule has 0 amide bonds. The standard InChI is InChI=1S/C34H36O6P/c1-36-30-23-26(32(37-2)34-33(30)39-25-40-34)24-38-31(35)21-13-6-14-22-41(27-15-7-3-8-16-27,28-17-9-4-10-18-28)29-19-11-5-12-20-29/h3-5,7-12,15-20,23H,6,13-14,21-22,24-25H2,1-2H3/q+1. The lowest BCUT2D eigenvalue weighted by atomic mass is 10.1. The average molecular weight is 572 g/mol. The molecular formula is C34H36O6P+. The molecule has 0 spiro atoms. The molecule has 1 heterocycles. The molecule has 0 bridgehead atoms. The van der Waals surface area contributed by atoms with Gasteiger partial charge in [-0.3, -0.25) is 4.79 Å². The summed E-state index contributed by atoms with van der Waals surface area (Å²) in [7, 11) is 1.26. The molecule has 212 valence electrons. The van der Waals surface area contributed by atoms with Gasteiger partial charge in [0.05, 0.1) is 20.4 Å². The summed E-state index contributed by atoms with van der Waals surface area (Å²) in [5, 5.41) is 4.14. The number of rotatable bonds is 13. The molecule has 0 radical (unpaired) electrons. The molecule has 6 nitrogen and oxygen atoms in total. The van der Waals surface area contributed by atoms with Gasteiger partial charge < -0.3 is 23.7 Å². The Morgan fingerprint density at radius 2 is 1.29 bits per heavy atom. The fourth-order valence-corrected chi connectivity index (χ4v) is 9.87. The van der Waals surface area contributed by atoms with Gasteiger partial charge in [0, 0.05) is 12.0 Å². The van der Waals surface area contributed by atoms with Gasteiger partial charge in [-0.2, -0.15) is 0 Å². The summed E-state index contributed by atoms with van der Waals surface area (Å²) < 4.78 is 27.6. The van der Waals surface area contributed by atoms with Crippen LogP contribution >= 0.6 is 7.26 Å². The molecule has 4 aromatic rings. The quantitative estimate of drug-likeness (QED) is 0.111. The summed E-state index contributed by atoms with van der Waals surface area (Å²) in [5.74, 6) is 1.75. The normalized spacial score (nSPS) is 12.1. The number of methoxy groups -OCH3 is 2. The molecule has 1 aliphatic rings. The second-order valence-corrected chi connectivity index (χ2v) is 13.5. The molecule has 1 aliphatic heterocycles. The van der Waals surface area contributed by atoms with Gasteiger partial charge in [-0.15, -0.1) is 0 Å². The molecule has 0 fully saturated rings. The largest absolute Gasteiger partial charge is 0.493 e. The van der Waals surface area contributed by atoms with Crippen LogP contribution in [0.15, 0.2) is 97.1 Å². The van der Waals surface area contributed by atoms with Crippen LogP contribution in [0, 0.1) is 0 Å². The maximum Gasteiger partial charge on any atom is 0.306 e. The van der Waals surface area contributed by atoms with E-state index in [-0.39, 0.29) is 19.4 Å². The van der Waals surface area contributed by atoms with Crippen LogP contribution < -0.4 is 34.9 Å². The maximum atomic E-state index is 12.7. The smallest absolute Gasteiger partial charge is 0.306 e. The predicted molar refractivity (Wildman–Crippen MR) is 164 cm³/mol. The van der Waals surface area contributed by atoms with Gasteiger partial charge in [-0.1, -0.05) is 54.6 Å². The van der Waals surface area contributed by atoms with Crippen LogP contribution in [0.3, 0.4) is 0 Å². The van der Waals surface area contributed by atoms with E-state index in [1.807, 2.05) is 0 Å². The number of fused-ring (bicyclic) bond motifs is 1. The van der Waals surface area contributed by atoms with Crippen molar-refractivity contribution in [1.82, 2.24) is 0 Å². The van der Waals surface area contributed by atoms with Gasteiger partial charge in [-0.05, 0) is 61.7 Å². The summed E-state index contributed by atoms with van der Waals surface area (Å²) in [5.41, 5.74) is 0.671. The van der Waals surface area contributed by atoms with E-state index in [1.165, 1.54) is 15.9 Å². The van der Waals surface area contributed by atoms with Crippen molar-refractivity contribution in [1.29, 1.82) is 0 Å². The van der Waals surface area contributed by atoms with Crippen LogP contribution in [0.5, 0.6) is 23.0 Å². The zero-order valence-electron chi connectivity index (χ0n) is 23.6. The van der Waals surface area contributed by atoms with Crippen molar-refractivity contribution in [2.24, 2.45) is 0 Å². The Kier molecular flexibility index (Phi) is 9.43. The van der Waals surface area contributed by atoms with Crippen LogP contribution in [0.2, 0.25) is 0 Å². The van der Waals surface area contributed by atoms with Crippen LogP contribution in [-0.4, -0.2) is 33.1 Å². The lowest BCUT2D eigenvalue weighted by Crippen LogP contribution is -2.33. The third kappa shape index (κ3) is 6.18. The Balaban J connectivity index is 1.23. The van der Waals surface area contributed by atoms with Crippen molar-refractivity contribution in [2.75, 3.05) is 27.2 Å². The van der Waals surface area contributed by atoms with Gasteiger partial charge in [0.15, 0.2) is 11.5 Å². The summed E-state index contributed by atoms with van der Waals surface area (Å²) >= 11 is 0. The molecule has 7 heteroatoms. The Labute approximate surface area is 242 Å². The Hall–Kier alpha value is -4.02. The molecule has 0 aliphatic carbocycles. The third-order valence-electron chi connectivity index (χ3n) is 7.42. The van der Waals surface area contributed by atoms with Crippen LogP contribution in [0.4, 0.5) is 0 Å². The highest BCUT2D eigenvalue weighted by molar-refractivity contribution is 7.95. The van der Waals surface area contributed by atoms with Crippen LogP contribution in [0.1, 0.15) is 31.2 Å². The molecule has 0 aromatic heterocycles. The summed E-state index contributed by atoms with van der Waals surface area (Å²) in [6.07, 6.45) is 4.10. The number of unbranched alkanes of at least 4 members (excludes halogenated alkanes) is 2. The highest BCUT2D eigenvalue weighted by Crippen LogP contribution is 2.56. The zero-order chi connectivity index (χ0) is 28.5. The van der Waals surface area contributed by atoms with E-state index in [9.17, 15) is 4.79 Å². The van der Waals surface area contributed by atoms with Crippen LogP contribution in [0.25, 0.3) is 0 Å². The Bertz CT molecular complexity index is 1330. The van der Waals surface area contributed by atoms with Gasteiger partial charge in [0.2, 0.25) is 18.3 Å². The first-order chi connectivity index (χ1) is 20.2. The van der Waals surface area contributed by atoms with E-state index in [1.54, 1.807) is 20.3 Å². The zero-order valence-corrected chi connectivity index (χ0v) is 24.5. The fraction of sp³-hybridized carbons (Fsp3) is 0.265. The van der Waals surface area contributed by atoms with E-state index in [0.29, 0.717) is 35.0 Å². The van der Waals surface area contributed by atoms with Gasteiger partial charge in [0.25, 0.3) is 0 Å². The minimum Gasteiger partial charge on any atom is -0.493 e. The Morgan fingerprint density at radius 3 is 1.83 bits per heavy atom. The van der Waals surface area contributed by atoms with Crippen molar-refractivity contribution < 1.29 is 28.5 Å². The van der Waals surface area contributed by atoms with E-state index in [0.717, 1.165) is 25.4 Å². The summed E-state index contributed by atoms with van der Waals surface area (Å²) in [6.45, 7) is 0.160. The van der Waals surface area contributed by atoms with Gasteiger partial charge >= 0.3 is 5.97 Å². The van der Waals surface area contributed by atoms with Crippen LogP contribution in [-0.2, 0) is 16.1 Å². The monoisotopic (exact) mass is 571 g/mol. The molecule has 4 aromatic carbocycles. The molecular weight excluding hydrogens is 535 g/mol. The molecule has 0 atom stereocenters. The minimum absolute atomic E-state index is 0.0691. The van der Waals surface area contributed by atoms with Gasteiger partial charge in [-0.25, -0.2) is 0 Å². The van der Waals surface area contributed by atoms with Crippen molar-refractivity contribution in [2.45, 2.75) is 32.3 Å². The second-order valence-electron chi connectivity index (χ2n) is 9.85. The minimum atomic E-state index is -1.86. The lowest BCUT2D eigenvalue weighted by molar-refractivity contribution is -0.145. The van der Waals surface area contributed by atoms with E-state index in [2.05, 4.69) is 91.0 Å². The number of benzene rings is 4. The maximum absolute atomic E-state index is 12.7. The molecule has 0 unspecified atom stereocenters. The highest BCUT2D eigenvalue weighted by atomic mass is 31.2. The Morgan fingerprint density at radius 1 is 0.732 bits per heavy atom. The fourth-order valence-electron chi connectivity index (χ4n) is 5.46. The van der Waals surface area contributed by atoms with E-state index in [4.69, 9.17) is 23.7 Å². The lowest BCUT2D eigenvalue weighted by Gasteiger charge is -2.27. The molecule has 5 rings (SSSR count). The highest BCUT2D eigenvalue weighted by Gasteiger charge is 2.44. The van der Waals surface area contributed by atoms with Crippen molar-refractivity contribution >= 4 is 29.1 Å². The van der Waals surface area contributed by atoms with Crippen molar-refractivity contribution in [3.05, 3.63) is 103 Å². The number of esters is 1. The molecule has 0 saturated heterocycles. The van der Waals surface area contributed by atoms with Crippen molar-refractivity contribution in [3.63, 3.8) is 0 Å².